The van der Waals surface area contributed by atoms with Crippen molar-refractivity contribution >= 4 is 34.0 Å². The highest BCUT2D eigenvalue weighted by molar-refractivity contribution is 7.19. The number of carbonyl (C=O) groups excluding carboxylic acids is 1. The Bertz CT molecular complexity index is 1120. The van der Waals surface area contributed by atoms with Gasteiger partial charge in [0, 0.05) is 36.4 Å². The second-order valence-corrected chi connectivity index (χ2v) is 8.03. The monoisotopic (exact) mass is 422 g/mol. The van der Waals surface area contributed by atoms with Crippen LogP contribution in [0.3, 0.4) is 0 Å². The van der Waals surface area contributed by atoms with Crippen LogP contribution in [0.25, 0.3) is 22.0 Å². The molecule has 5 nitrogen and oxygen atoms in total. The van der Waals surface area contributed by atoms with Crippen molar-refractivity contribution < 1.29 is 4.79 Å². The number of imidazole rings is 1. The highest BCUT2D eigenvalue weighted by Gasteiger charge is 2.19. The van der Waals surface area contributed by atoms with Gasteiger partial charge in [-0.3, -0.25) is 4.79 Å². The van der Waals surface area contributed by atoms with Gasteiger partial charge in [0.05, 0.1) is 10.6 Å². The number of nitrogens with one attached hydrogen (secondary N) is 1. The maximum atomic E-state index is 12.5. The Morgan fingerprint density at radius 3 is 2.59 bits per heavy atom. The average molecular weight is 423 g/mol. The second kappa shape index (κ2) is 8.59. The fourth-order valence-electron chi connectivity index (χ4n) is 2.99. The largest absolute Gasteiger partial charge is 0.333 e. The minimum absolute atomic E-state index is 0.0697. The average Bonchev–Trinajstić information content (AvgIpc) is 3.34. The number of anilines is 1. The number of carbonyl (C=O) groups is 1. The van der Waals surface area contributed by atoms with Crippen LogP contribution in [0.1, 0.15) is 12.0 Å². The summed E-state index contributed by atoms with van der Waals surface area (Å²) >= 11 is 7.34. The van der Waals surface area contributed by atoms with Crippen molar-refractivity contribution in [3.8, 4) is 22.0 Å². The van der Waals surface area contributed by atoms with E-state index in [0.29, 0.717) is 23.0 Å². The molecule has 0 atom stereocenters. The summed E-state index contributed by atoms with van der Waals surface area (Å²) in [7, 11) is 1.95. The molecule has 29 heavy (non-hydrogen) atoms. The number of rotatable bonds is 6. The Morgan fingerprint density at radius 1 is 1.14 bits per heavy atom. The number of aromatic nitrogens is 3. The highest BCUT2D eigenvalue weighted by Crippen LogP contribution is 2.38. The van der Waals surface area contributed by atoms with Crippen molar-refractivity contribution in [3.63, 3.8) is 0 Å². The molecule has 0 saturated carbocycles. The maximum absolute atomic E-state index is 12.5. The Kier molecular flexibility index (Phi) is 5.74. The van der Waals surface area contributed by atoms with E-state index >= 15 is 0 Å². The molecule has 0 fully saturated rings. The zero-order valence-electron chi connectivity index (χ0n) is 15.8. The van der Waals surface area contributed by atoms with Crippen LogP contribution in [0.5, 0.6) is 0 Å². The Hall–Kier alpha value is -2.96. The molecule has 0 radical (unpaired) electrons. The van der Waals surface area contributed by atoms with Gasteiger partial charge in [0.25, 0.3) is 0 Å². The number of benzene rings is 2. The second-order valence-electron chi connectivity index (χ2n) is 6.60. The van der Waals surface area contributed by atoms with E-state index in [9.17, 15) is 4.79 Å². The first-order chi connectivity index (χ1) is 14.1. The van der Waals surface area contributed by atoms with Gasteiger partial charge < -0.3 is 9.88 Å². The van der Waals surface area contributed by atoms with E-state index in [-0.39, 0.29) is 5.91 Å². The van der Waals surface area contributed by atoms with Crippen LogP contribution in [0.15, 0.2) is 67.0 Å². The van der Waals surface area contributed by atoms with Crippen molar-refractivity contribution in [2.75, 3.05) is 5.32 Å². The first-order valence-electron chi connectivity index (χ1n) is 9.18. The number of hydrogen-bond donors (Lipinski definition) is 1. The molecule has 7 heteroatoms. The molecule has 4 rings (SSSR count). The lowest BCUT2D eigenvalue weighted by Gasteiger charge is -2.02. The van der Waals surface area contributed by atoms with Gasteiger partial charge in [-0.05, 0) is 24.1 Å². The number of hydrogen-bond acceptors (Lipinski definition) is 4. The molecule has 0 aliphatic heterocycles. The molecule has 2 aromatic carbocycles. The normalized spacial score (nSPS) is 10.8. The van der Waals surface area contributed by atoms with E-state index in [0.717, 1.165) is 27.5 Å². The predicted octanol–water partition coefficient (Wildman–Crippen LogP) is 5.44. The zero-order chi connectivity index (χ0) is 20.2. The predicted molar refractivity (Wildman–Crippen MR) is 118 cm³/mol. The Morgan fingerprint density at radius 2 is 1.90 bits per heavy atom. The number of aryl methyl sites for hydroxylation is 2. The number of amides is 1. The molecule has 4 aromatic rings. The van der Waals surface area contributed by atoms with Crippen molar-refractivity contribution in [1.82, 2.24) is 14.5 Å². The van der Waals surface area contributed by atoms with E-state index in [1.165, 1.54) is 11.3 Å². The van der Waals surface area contributed by atoms with Gasteiger partial charge in [0.15, 0.2) is 11.0 Å². The molecule has 0 spiro atoms. The fourth-order valence-corrected chi connectivity index (χ4v) is 4.16. The standard InChI is InChI=1S/C22H19ClN4OS/c1-27-14-13-24-21(27)20-19(16-5-3-2-4-6-16)26-22(29-20)25-18(28)12-9-15-7-10-17(23)11-8-15/h2-8,10-11,13-14H,9,12H2,1H3,(H,25,26,28). The zero-order valence-corrected chi connectivity index (χ0v) is 17.4. The van der Waals surface area contributed by atoms with Crippen molar-refractivity contribution in [2.45, 2.75) is 12.8 Å². The lowest BCUT2D eigenvalue weighted by molar-refractivity contribution is -0.116. The summed E-state index contributed by atoms with van der Waals surface area (Å²) in [6, 6.07) is 17.5. The van der Waals surface area contributed by atoms with E-state index in [2.05, 4.69) is 10.3 Å². The van der Waals surface area contributed by atoms with E-state index < -0.39 is 0 Å². The summed E-state index contributed by atoms with van der Waals surface area (Å²) in [5, 5.41) is 4.20. The van der Waals surface area contributed by atoms with E-state index in [1.54, 1.807) is 6.20 Å². The summed E-state index contributed by atoms with van der Waals surface area (Å²) in [5.74, 6) is 0.753. The SMILES string of the molecule is Cn1ccnc1-c1sc(NC(=O)CCc2ccc(Cl)cc2)nc1-c1ccccc1. The molecule has 1 N–H and O–H groups in total. The summed E-state index contributed by atoms with van der Waals surface area (Å²) in [6.07, 6.45) is 4.67. The maximum Gasteiger partial charge on any atom is 0.226 e. The van der Waals surface area contributed by atoms with Gasteiger partial charge in [0.1, 0.15) is 0 Å². The first-order valence-corrected chi connectivity index (χ1v) is 10.4. The highest BCUT2D eigenvalue weighted by atomic mass is 35.5. The number of nitrogens with zero attached hydrogens (tertiary/aromatic N) is 3. The van der Waals surface area contributed by atoms with Crippen molar-refractivity contribution in [3.05, 3.63) is 77.6 Å². The van der Waals surface area contributed by atoms with Gasteiger partial charge in [-0.25, -0.2) is 9.97 Å². The third-order valence-corrected chi connectivity index (χ3v) is 5.72. The summed E-state index contributed by atoms with van der Waals surface area (Å²) in [4.78, 5) is 22.6. The smallest absolute Gasteiger partial charge is 0.226 e. The molecule has 1 amide bonds. The van der Waals surface area contributed by atoms with Crippen molar-refractivity contribution in [2.24, 2.45) is 7.05 Å². The lowest BCUT2D eigenvalue weighted by atomic mass is 10.1. The molecule has 2 aromatic heterocycles. The van der Waals surface area contributed by atoms with Crippen LogP contribution in [-0.2, 0) is 18.3 Å². The lowest BCUT2D eigenvalue weighted by Crippen LogP contribution is -2.12. The third kappa shape index (κ3) is 4.55. The molecule has 0 aliphatic rings. The summed E-state index contributed by atoms with van der Waals surface area (Å²) in [6.45, 7) is 0. The Balaban J connectivity index is 1.54. The van der Waals surface area contributed by atoms with Crippen molar-refractivity contribution in [1.29, 1.82) is 0 Å². The minimum Gasteiger partial charge on any atom is -0.333 e. The first kappa shape index (κ1) is 19.4. The summed E-state index contributed by atoms with van der Waals surface area (Å²) < 4.78 is 1.95. The quantitative estimate of drug-likeness (QED) is 0.450. The molecule has 2 heterocycles. The molecule has 0 aliphatic carbocycles. The third-order valence-electron chi connectivity index (χ3n) is 4.50. The topological polar surface area (TPSA) is 59.8 Å². The van der Waals surface area contributed by atoms with E-state index in [4.69, 9.17) is 16.6 Å². The number of halogens is 1. The van der Waals surface area contributed by atoms with Crippen LogP contribution < -0.4 is 5.32 Å². The molecule has 0 unspecified atom stereocenters. The van der Waals surface area contributed by atoms with Gasteiger partial charge >= 0.3 is 0 Å². The van der Waals surface area contributed by atoms with Crippen LogP contribution >= 0.6 is 22.9 Å². The Labute approximate surface area is 178 Å². The molecule has 0 bridgehead atoms. The molecular weight excluding hydrogens is 404 g/mol. The number of thiazole rings is 1. The fraction of sp³-hybridized carbons (Fsp3) is 0.136. The molecule has 0 saturated heterocycles. The molecular formula is C22H19ClN4OS. The van der Waals surface area contributed by atoms with Crippen LogP contribution in [0.2, 0.25) is 5.02 Å². The van der Waals surface area contributed by atoms with Gasteiger partial charge in [-0.15, -0.1) is 0 Å². The van der Waals surface area contributed by atoms with Crippen LogP contribution in [0.4, 0.5) is 5.13 Å². The minimum atomic E-state index is -0.0697. The van der Waals surface area contributed by atoms with Crippen LogP contribution in [-0.4, -0.2) is 20.4 Å². The van der Waals surface area contributed by atoms with Crippen LogP contribution in [0, 0.1) is 0 Å². The van der Waals surface area contributed by atoms with E-state index in [1.807, 2.05) is 72.4 Å². The van der Waals surface area contributed by atoms with Gasteiger partial charge in [0.2, 0.25) is 5.91 Å². The molecule has 146 valence electrons. The van der Waals surface area contributed by atoms with Gasteiger partial charge in [-0.2, -0.15) is 0 Å². The van der Waals surface area contributed by atoms with Gasteiger partial charge in [-0.1, -0.05) is 65.4 Å². The summed E-state index contributed by atoms with van der Waals surface area (Å²) in [5.41, 5.74) is 2.88.